The molecule has 1 fully saturated rings. The molecule has 0 aromatic carbocycles. The molecule has 2 heteroatoms. The molecule has 2 N–H and O–H groups in total. The van der Waals surface area contributed by atoms with Crippen LogP contribution in [0.1, 0.15) is 135 Å². The largest absolute Gasteiger partial charge is 0.370 e. The second-order valence-electron chi connectivity index (χ2n) is 7.58. The summed E-state index contributed by atoms with van der Waals surface area (Å²) in [4.78, 5) is 10.5. The Morgan fingerprint density at radius 1 is 0.583 bits per heavy atom. The highest BCUT2D eigenvalue weighted by Gasteiger charge is 1.96. The zero-order valence-corrected chi connectivity index (χ0v) is 16.6. The minimum absolute atomic E-state index is 0.155. The molecule has 1 saturated carbocycles. The Kier molecular flexibility index (Phi) is 20.1. The summed E-state index contributed by atoms with van der Waals surface area (Å²) in [5.41, 5.74) is 5.09. The van der Waals surface area contributed by atoms with Gasteiger partial charge in [-0.15, -0.1) is 0 Å². The van der Waals surface area contributed by atoms with Gasteiger partial charge in [0.2, 0.25) is 5.91 Å². The maximum atomic E-state index is 10.5. The molecular weight excluding hydrogens is 294 g/mol. The Labute approximate surface area is 152 Å². The topological polar surface area (TPSA) is 43.1 Å². The number of unbranched alkanes of at least 4 members (excludes halogenated alkanes) is 12. The lowest BCUT2D eigenvalue weighted by molar-refractivity contribution is -0.118. The van der Waals surface area contributed by atoms with Gasteiger partial charge in [0, 0.05) is 6.42 Å². The predicted octanol–water partition coefficient (Wildman–Crippen LogP) is 7.29. The summed E-state index contributed by atoms with van der Waals surface area (Å²) in [5.74, 6) is -0.155. The molecule has 0 heterocycles. The van der Waals surface area contributed by atoms with Crippen molar-refractivity contribution in [3.05, 3.63) is 0 Å². The normalized spacial score (nSPS) is 14.0. The molecule has 144 valence electrons. The van der Waals surface area contributed by atoms with Gasteiger partial charge in [0.25, 0.3) is 0 Å². The summed E-state index contributed by atoms with van der Waals surface area (Å²) < 4.78 is 0. The van der Waals surface area contributed by atoms with E-state index in [4.69, 9.17) is 5.73 Å². The Morgan fingerprint density at radius 2 is 0.875 bits per heavy atom. The predicted molar refractivity (Wildman–Crippen MR) is 107 cm³/mol. The highest BCUT2D eigenvalue weighted by atomic mass is 16.1. The molecule has 0 aliphatic heterocycles. The average molecular weight is 340 g/mol. The number of carbonyl (C=O) groups is 1. The van der Waals surface area contributed by atoms with Crippen LogP contribution >= 0.6 is 0 Å². The molecular formula is C22H45NO. The van der Waals surface area contributed by atoms with E-state index in [9.17, 15) is 4.79 Å². The Morgan fingerprint density at radius 3 is 1.17 bits per heavy atom. The lowest BCUT2D eigenvalue weighted by atomic mass is 10.0. The van der Waals surface area contributed by atoms with Crippen LogP contribution in [0, 0.1) is 0 Å². The Hall–Kier alpha value is -0.530. The molecule has 0 saturated heterocycles. The van der Waals surface area contributed by atoms with Crippen molar-refractivity contribution < 1.29 is 4.79 Å². The minimum atomic E-state index is -0.155. The first-order valence-corrected chi connectivity index (χ1v) is 11.1. The number of hydrogen-bond acceptors (Lipinski definition) is 1. The molecule has 2 nitrogen and oxygen atoms in total. The highest BCUT2D eigenvalue weighted by Crippen LogP contribution is 2.15. The fraction of sp³-hybridized carbons (Fsp3) is 0.955. The van der Waals surface area contributed by atoms with Crippen molar-refractivity contribution in [3.8, 4) is 0 Å². The molecule has 0 spiro atoms. The Balaban J connectivity index is 0.000000728. The number of carbonyl (C=O) groups excluding carboxylic acids is 1. The van der Waals surface area contributed by atoms with E-state index in [1.54, 1.807) is 0 Å². The van der Waals surface area contributed by atoms with Gasteiger partial charge < -0.3 is 5.73 Å². The summed E-state index contributed by atoms with van der Waals surface area (Å²) >= 11 is 0. The molecule has 1 rings (SSSR count). The van der Waals surface area contributed by atoms with Crippen molar-refractivity contribution in [2.45, 2.75) is 135 Å². The summed E-state index contributed by atoms with van der Waals surface area (Å²) in [7, 11) is 0. The summed E-state index contributed by atoms with van der Waals surface area (Å²) in [6.07, 6.45) is 26.9. The van der Waals surface area contributed by atoms with Crippen LogP contribution in [-0.2, 0) is 4.79 Å². The van der Waals surface area contributed by atoms with Crippen molar-refractivity contribution in [2.24, 2.45) is 5.73 Å². The van der Waals surface area contributed by atoms with Crippen molar-refractivity contribution >= 4 is 5.91 Å². The molecule has 0 unspecified atom stereocenters. The highest BCUT2D eigenvalue weighted by molar-refractivity contribution is 5.73. The van der Waals surface area contributed by atoms with Crippen molar-refractivity contribution in [3.63, 3.8) is 0 Å². The standard InChI is InChI=1S/C16H33NO.C6H12/c1-2-3-4-5-6-7-8-9-10-11-12-13-14-15-16(17)18;1-2-4-6-5-3-1/h2-15H2,1H3,(H2,17,18);1-6H2. The van der Waals surface area contributed by atoms with Gasteiger partial charge in [0.05, 0.1) is 0 Å². The van der Waals surface area contributed by atoms with Crippen LogP contribution in [0.2, 0.25) is 0 Å². The van der Waals surface area contributed by atoms with Gasteiger partial charge in [-0.2, -0.15) is 0 Å². The van der Waals surface area contributed by atoms with Crippen LogP contribution < -0.4 is 5.73 Å². The van der Waals surface area contributed by atoms with E-state index in [1.165, 1.54) is 116 Å². The van der Waals surface area contributed by atoms with Crippen LogP contribution in [0.5, 0.6) is 0 Å². The van der Waals surface area contributed by atoms with Gasteiger partial charge in [-0.05, 0) is 6.42 Å². The SMILES string of the molecule is C1CCCCC1.CCCCCCCCCCCCCCCC(N)=O. The number of nitrogens with two attached hydrogens (primary N) is 1. The Bertz CT molecular complexity index is 237. The van der Waals surface area contributed by atoms with Crippen LogP contribution in [0.4, 0.5) is 0 Å². The maximum absolute atomic E-state index is 10.5. The molecule has 0 aromatic heterocycles. The zero-order chi connectivity index (χ0) is 17.7. The zero-order valence-electron chi connectivity index (χ0n) is 16.6. The molecule has 0 atom stereocenters. The van der Waals surface area contributed by atoms with E-state index in [0.717, 1.165) is 6.42 Å². The number of hydrogen-bond donors (Lipinski definition) is 1. The monoisotopic (exact) mass is 339 g/mol. The lowest BCUT2D eigenvalue weighted by Crippen LogP contribution is -2.09. The van der Waals surface area contributed by atoms with Crippen LogP contribution in [0.3, 0.4) is 0 Å². The second-order valence-corrected chi connectivity index (χ2v) is 7.58. The number of primary amides is 1. The molecule has 0 radical (unpaired) electrons. The number of rotatable bonds is 14. The summed E-state index contributed by atoms with van der Waals surface area (Å²) in [5, 5.41) is 0. The molecule has 1 amide bonds. The molecule has 0 aromatic rings. The third-order valence-electron chi connectivity index (χ3n) is 5.03. The first-order chi connectivity index (χ1) is 11.8. The quantitative estimate of drug-likeness (QED) is 0.332. The van der Waals surface area contributed by atoms with Gasteiger partial charge in [-0.3, -0.25) is 4.79 Å². The fourth-order valence-corrected chi connectivity index (χ4v) is 3.38. The first kappa shape index (κ1) is 23.5. The van der Waals surface area contributed by atoms with E-state index < -0.39 is 0 Å². The van der Waals surface area contributed by atoms with Gasteiger partial charge in [0.15, 0.2) is 0 Å². The molecule has 1 aliphatic rings. The molecule has 0 bridgehead atoms. The third-order valence-corrected chi connectivity index (χ3v) is 5.03. The first-order valence-electron chi connectivity index (χ1n) is 11.1. The van der Waals surface area contributed by atoms with Crippen LogP contribution in [0.15, 0.2) is 0 Å². The molecule has 24 heavy (non-hydrogen) atoms. The van der Waals surface area contributed by atoms with Gasteiger partial charge in [-0.1, -0.05) is 122 Å². The number of amides is 1. The smallest absolute Gasteiger partial charge is 0.217 e. The van der Waals surface area contributed by atoms with Crippen LogP contribution in [-0.4, -0.2) is 5.91 Å². The van der Waals surface area contributed by atoms with Crippen molar-refractivity contribution in [1.29, 1.82) is 0 Å². The van der Waals surface area contributed by atoms with E-state index in [2.05, 4.69) is 6.92 Å². The summed E-state index contributed by atoms with van der Waals surface area (Å²) in [6, 6.07) is 0. The molecule has 1 aliphatic carbocycles. The van der Waals surface area contributed by atoms with Gasteiger partial charge >= 0.3 is 0 Å². The third kappa shape index (κ3) is 21.5. The van der Waals surface area contributed by atoms with Gasteiger partial charge in [-0.25, -0.2) is 0 Å². The minimum Gasteiger partial charge on any atom is -0.370 e. The maximum Gasteiger partial charge on any atom is 0.217 e. The van der Waals surface area contributed by atoms with E-state index in [1.807, 2.05) is 0 Å². The average Bonchev–Trinajstić information content (AvgIpc) is 2.61. The van der Waals surface area contributed by atoms with Crippen molar-refractivity contribution in [1.82, 2.24) is 0 Å². The second kappa shape index (κ2) is 20.5. The van der Waals surface area contributed by atoms with E-state index >= 15 is 0 Å². The van der Waals surface area contributed by atoms with Crippen molar-refractivity contribution in [2.75, 3.05) is 0 Å². The van der Waals surface area contributed by atoms with E-state index in [-0.39, 0.29) is 5.91 Å². The summed E-state index contributed by atoms with van der Waals surface area (Å²) in [6.45, 7) is 2.27. The van der Waals surface area contributed by atoms with Gasteiger partial charge in [0.1, 0.15) is 0 Å². The van der Waals surface area contributed by atoms with E-state index in [0.29, 0.717) is 6.42 Å². The fourth-order valence-electron chi connectivity index (χ4n) is 3.38. The lowest BCUT2D eigenvalue weighted by Gasteiger charge is -2.05. The van der Waals surface area contributed by atoms with Crippen LogP contribution in [0.25, 0.3) is 0 Å².